The summed E-state index contributed by atoms with van der Waals surface area (Å²) < 4.78 is 33.6. The Kier molecular flexibility index (Phi) is 7.75. The molecule has 0 radical (unpaired) electrons. The first-order chi connectivity index (χ1) is 16.0. The second-order valence-electron chi connectivity index (χ2n) is 7.17. The maximum absolute atomic E-state index is 12.9. The van der Waals surface area contributed by atoms with Crippen LogP contribution in [-0.4, -0.2) is 58.5 Å². The summed E-state index contributed by atoms with van der Waals surface area (Å²) in [7, 11) is -4.00. The molecule has 0 spiro atoms. The van der Waals surface area contributed by atoms with E-state index in [1.165, 1.54) is 36.0 Å². The van der Waals surface area contributed by atoms with E-state index in [4.69, 9.17) is 26.4 Å². The zero-order chi connectivity index (χ0) is 25.0. The van der Waals surface area contributed by atoms with E-state index in [1.54, 1.807) is 0 Å². The summed E-state index contributed by atoms with van der Waals surface area (Å²) >= 11 is 6.33. The van der Waals surface area contributed by atoms with Gasteiger partial charge < -0.3 is 14.2 Å². The van der Waals surface area contributed by atoms with Crippen molar-refractivity contribution in [2.75, 3.05) is 12.0 Å². The van der Waals surface area contributed by atoms with Crippen LogP contribution in [0.4, 0.5) is 5.69 Å². The lowest BCUT2D eigenvalue weighted by Gasteiger charge is -2.49. The van der Waals surface area contributed by atoms with Crippen molar-refractivity contribution in [3.05, 3.63) is 51.4 Å². The maximum atomic E-state index is 12.9. The lowest BCUT2D eigenvalue weighted by molar-refractivity contribution is -0.384. The van der Waals surface area contributed by atoms with Gasteiger partial charge in [-0.15, -0.1) is 11.8 Å². The molecule has 0 saturated carbocycles. The summed E-state index contributed by atoms with van der Waals surface area (Å²) in [5.41, 5.74) is -0.0163. The molecule has 2 atom stereocenters. The third kappa shape index (κ3) is 5.82. The SMILES string of the molecule is CS(=O)(=O)OC1=C(C(=O)OCc2ccc([N+](=O)[O-])cc2)N2C(=O)C(NC(=S)CCC#N)[C@H]2SC1. The molecule has 34 heavy (non-hydrogen) atoms. The Labute approximate surface area is 204 Å². The minimum Gasteiger partial charge on any atom is -0.456 e. The number of esters is 1. The van der Waals surface area contributed by atoms with Crippen LogP contribution in [0.25, 0.3) is 0 Å². The highest BCUT2D eigenvalue weighted by Gasteiger charge is 2.55. The second kappa shape index (κ2) is 10.4. The minimum absolute atomic E-state index is 0.0212. The molecule has 1 amide bonds. The van der Waals surface area contributed by atoms with Gasteiger partial charge in [0.05, 0.1) is 28.0 Å². The van der Waals surface area contributed by atoms with Crippen molar-refractivity contribution in [2.24, 2.45) is 0 Å². The van der Waals surface area contributed by atoms with Gasteiger partial charge in [-0.05, 0) is 17.7 Å². The number of rotatable bonds is 9. The van der Waals surface area contributed by atoms with Crippen molar-refractivity contribution < 1.29 is 31.9 Å². The molecule has 1 aromatic rings. The van der Waals surface area contributed by atoms with E-state index in [2.05, 4.69) is 5.32 Å². The highest BCUT2D eigenvalue weighted by molar-refractivity contribution is 8.00. The molecule has 0 aliphatic carbocycles. The number of β-lactam (4-membered cyclic amide) rings is 1. The number of nitrogens with one attached hydrogen (secondary N) is 1. The summed E-state index contributed by atoms with van der Waals surface area (Å²) in [6.45, 7) is -0.272. The van der Waals surface area contributed by atoms with Crippen LogP contribution in [0.5, 0.6) is 0 Å². The lowest BCUT2D eigenvalue weighted by Crippen LogP contribution is -2.70. The Morgan fingerprint density at radius 1 is 1.41 bits per heavy atom. The summed E-state index contributed by atoms with van der Waals surface area (Å²) in [6, 6.07) is 6.51. The molecule has 3 rings (SSSR count). The van der Waals surface area contributed by atoms with E-state index >= 15 is 0 Å². The first-order valence-corrected chi connectivity index (χ1v) is 12.9. The smallest absolute Gasteiger partial charge is 0.359 e. The van der Waals surface area contributed by atoms with E-state index in [1.807, 2.05) is 6.07 Å². The van der Waals surface area contributed by atoms with Crippen LogP contribution in [0.15, 0.2) is 35.7 Å². The Morgan fingerprint density at radius 2 is 2.09 bits per heavy atom. The molecule has 2 aliphatic heterocycles. The van der Waals surface area contributed by atoms with Gasteiger partial charge in [0.15, 0.2) is 11.5 Å². The number of thioether (sulfide) groups is 1. The van der Waals surface area contributed by atoms with Gasteiger partial charge in [-0.2, -0.15) is 13.7 Å². The normalized spacial score (nSPS) is 19.4. The van der Waals surface area contributed by atoms with Crippen molar-refractivity contribution in [1.82, 2.24) is 10.2 Å². The molecular formula is C19H18N4O8S3. The number of carbonyl (C=O) groups is 2. The van der Waals surface area contributed by atoms with Gasteiger partial charge in [0.2, 0.25) is 0 Å². The maximum Gasteiger partial charge on any atom is 0.359 e. The zero-order valence-electron chi connectivity index (χ0n) is 17.6. The highest BCUT2D eigenvalue weighted by Crippen LogP contribution is 2.41. The third-order valence-corrected chi connectivity index (χ3v) is 6.76. The zero-order valence-corrected chi connectivity index (χ0v) is 20.1. The summed E-state index contributed by atoms with van der Waals surface area (Å²) in [5.74, 6) is -1.78. The molecule has 0 bridgehead atoms. The standard InChI is InChI=1S/C19H18N4O8S3/c1-34(28,29)31-13-10-33-18-15(21-14(32)3-2-8-20)17(24)22(18)16(13)19(25)30-9-11-4-6-12(7-5-11)23(26)27/h4-7,15,18H,2-3,9-10H2,1H3,(H,21,32)/t15?,18-/m1/s1. The number of nitrogens with zero attached hydrogens (tertiary/aromatic N) is 3. The van der Waals surface area contributed by atoms with E-state index in [9.17, 15) is 28.1 Å². The third-order valence-electron chi connectivity index (χ3n) is 4.68. The molecule has 1 unspecified atom stereocenters. The fourth-order valence-corrected chi connectivity index (χ4v) is 5.23. The van der Waals surface area contributed by atoms with Gasteiger partial charge in [-0.25, -0.2) is 4.79 Å². The topological polar surface area (TPSA) is 169 Å². The summed E-state index contributed by atoms with van der Waals surface area (Å²) in [4.78, 5) is 37.3. The van der Waals surface area contributed by atoms with Gasteiger partial charge in [0, 0.05) is 25.0 Å². The van der Waals surface area contributed by atoms with Crippen LogP contribution in [0, 0.1) is 21.4 Å². The predicted molar refractivity (Wildman–Crippen MR) is 123 cm³/mol. The molecule has 0 aromatic heterocycles. The van der Waals surface area contributed by atoms with E-state index < -0.39 is 38.3 Å². The quantitative estimate of drug-likeness (QED) is 0.122. The average Bonchev–Trinajstić information content (AvgIpc) is 2.78. The summed E-state index contributed by atoms with van der Waals surface area (Å²) in [5, 5.41) is 21.8. The Morgan fingerprint density at radius 3 is 2.68 bits per heavy atom. The number of carbonyl (C=O) groups excluding carboxylic acids is 2. The molecule has 180 valence electrons. The average molecular weight is 527 g/mol. The predicted octanol–water partition coefficient (Wildman–Crippen LogP) is 1.33. The molecule has 1 aromatic carbocycles. The molecular weight excluding hydrogens is 508 g/mol. The Hall–Kier alpha value is -3.22. The number of nitriles is 1. The molecule has 15 heteroatoms. The van der Waals surface area contributed by atoms with Crippen LogP contribution in [0.3, 0.4) is 0 Å². The summed E-state index contributed by atoms with van der Waals surface area (Å²) in [6.07, 6.45) is 1.27. The van der Waals surface area contributed by atoms with Crippen LogP contribution in [0.1, 0.15) is 18.4 Å². The van der Waals surface area contributed by atoms with Crippen molar-refractivity contribution in [1.29, 1.82) is 5.26 Å². The number of thiocarbonyl (C=S) groups is 1. The highest BCUT2D eigenvalue weighted by atomic mass is 32.2. The molecule has 1 N–H and O–H groups in total. The number of amides is 1. The van der Waals surface area contributed by atoms with E-state index in [0.29, 0.717) is 10.6 Å². The first kappa shape index (κ1) is 25.4. The molecule has 1 fully saturated rings. The molecule has 2 heterocycles. The number of nitro groups is 1. The number of ether oxygens (including phenoxy) is 1. The lowest BCUT2D eigenvalue weighted by atomic mass is 10.0. The van der Waals surface area contributed by atoms with Crippen molar-refractivity contribution in [2.45, 2.75) is 30.9 Å². The van der Waals surface area contributed by atoms with E-state index in [0.717, 1.165) is 11.2 Å². The number of benzene rings is 1. The number of nitro benzene ring substituents is 1. The van der Waals surface area contributed by atoms with Crippen LogP contribution in [-0.2, 0) is 35.2 Å². The van der Waals surface area contributed by atoms with Gasteiger partial charge >= 0.3 is 16.1 Å². The van der Waals surface area contributed by atoms with Gasteiger partial charge in [0.25, 0.3) is 11.6 Å². The number of non-ortho nitro benzene ring substituents is 1. The van der Waals surface area contributed by atoms with Gasteiger partial charge in [0.1, 0.15) is 18.0 Å². The van der Waals surface area contributed by atoms with Crippen molar-refractivity contribution in [3.8, 4) is 6.07 Å². The molecule has 2 aliphatic rings. The number of hydrogen-bond donors (Lipinski definition) is 1. The van der Waals surface area contributed by atoms with Crippen LogP contribution < -0.4 is 5.32 Å². The monoisotopic (exact) mass is 526 g/mol. The molecule has 1 saturated heterocycles. The number of fused-ring (bicyclic) bond motifs is 1. The minimum atomic E-state index is -4.00. The van der Waals surface area contributed by atoms with Crippen molar-refractivity contribution >= 4 is 56.7 Å². The fraction of sp³-hybridized carbons (Fsp3) is 0.368. The van der Waals surface area contributed by atoms with Crippen LogP contribution in [0.2, 0.25) is 0 Å². The fourth-order valence-electron chi connectivity index (χ4n) is 3.17. The number of hydrogen-bond acceptors (Lipinski definition) is 11. The second-order valence-corrected chi connectivity index (χ2v) is 10.3. The van der Waals surface area contributed by atoms with Crippen molar-refractivity contribution in [3.63, 3.8) is 0 Å². The Balaban J connectivity index is 1.78. The molecule has 12 nitrogen and oxygen atoms in total. The van der Waals surface area contributed by atoms with E-state index in [-0.39, 0.29) is 42.3 Å². The van der Waals surface area contributed by atoms with Gasteiger partial charge in [-0.3, -0.25) is 19.8 Å². The van der Waals surface area contributed by atoms with Crippen LogP contribution >= 0.6 is 24.0 Å². The first-order valence-electron chi connectivity index (χ1n) is 9.66. The Bertz CT molecular complexity index is 1210. The largest absolute Gasteiger partial charge is 0.456 e. The van der Waals surface area contributed by atoms with Gasteiger partial charge in [-0.1, -0.05) is 12.2 Å².